The van der Waals surface area contributed by atoms with Crippen molar-refractivity contribution in [3.05, 3.63) is 33.8 Å². The first-order valence-electron chi connectivity index (χ1n) is 3.85. The van der Waals surface area contributed by atoms with Gasteiger partial charge in [0.2, 0.25) is 0 Å². The maximum absolute atomic E-state index is 3.55. The van der Waals surface area contributed by atoms with Crippen LogP contribution in [-0.4, -0.2) is 6.54 Å². The van der Waals surface area contributed by atoms with E-state index in [0.717, 1.165) is 19.5 Å². The highest BCUT2D eigenvalue weighted by atomic mass is 79.9. The molecular weight excluding hydrogens is 282 g/mol. The predicted molar refractivity (Wildman–Crippen MR) is 59.9 cm³/mol. The molecule has 1 aliphatic rings. The van der Waals surface area contributed by atoms with Gasteiger partial charge in [0.25, 0.3) is 0 Å². The van der Waals surface area contributed by atoms with Crippen LogP contribution in [0.3, 0.4) is 0 Å². The summed E-state index contributed by atoms with van der Waals surface area (Å²) in [5.74, 6) is 0. The van der Waals surface area contributed by atoms with E-state index >= 15 is 0 Å². The molecule has 1 nitrogen and oxygen atoms in total. The van der Waals surface area contributed by atoms with E-state index in [1.165, 1.54) is 15.6 Å². The normalized spacial score (nSPS) is 14.8. The molecule has 2 rings (SSSR count). The molecule has 66 valence electrons. The van der Waals surface area contributed by atoms with Crippen LogP contribution >= 0.6 is 32.9 Å². The summed E-state index contributed by atoms with van der Waals surface area (Å²) in [6, 6.07) is 6.40. The van der Waals surface area contributed by atoms with Gasteiger partial charge in [-0.25, -0.2) is 0 Å². The second kappa shape index (κ2) is 4.40. The Bertz CT molecular complexity index is 273. The number of nitrogens with one attached hydrogen (secondary N) is 1. The lowest BCUT2D eigenvalue weighted by atomic mass is 10.0. The van der Waals surface area contributed by atoms with Crippen LogP contribution in [0, 0.1) is 0 Å². The molecule has 1 N–H and O–H groups in total. The fourth-order valence-corrected chi connectivity index (χ4v) is 2.09. The Labute approximate surface area is 91.5 Å². The van der Waals surface area contributed by atoms with Crippen molar-refractivity contribution in [2.45, 2.75) is 13.0 Å². The second-order valence-corrected chi connectivity index (χ2v) is 3.66. The number of benzene rings is 1. The van der Waals surface area contributed by atoms with Gasteiger partial charge in [-0.1, -0.05) is 28.1 Å². The number of hydrogen-bond acceptors (Lipinski definition) is 1. The molecule has 1 heterocycles. The Hall–Kier alpha value is 0.140. The van der Waals surface area contributed by atoms with E-state index in [4.69, 9.17) is 0 Å². The average molecular weight is 293 g/mol. The molecule has 12 heavy (non-hydrogen) atoms. The number of rotatable bonds is 0. The van der Waals surface area contributed by atoms with Crippen molar-refractivity contribution in [3.63, 3.8) is 0 Å². The van der Waals surface area contributed by atoms with Crippen LogP contribution in [0.25, 0.3) is 0 Å². The van der Waals surface area contributed by atoms with E-state index in [0.29, 0.717) is 0 Å². The van der Waals surface area contributed by atoms with Crippen LogP contribution in [-0.2, 0) is 13.0 Å². The molecule has 0 aliphatic carbocycles. The third-order valence-corrected chi connectivity index (χ3v) is 2.83. The van der Waals surface area contributed by atoms with Gasteiger partial charge in [-0.05, 0) is 30.2 Å². The SMILES string of the molecule is Br.Brc1cccc2c1CCNC2. The van der Waals surface area contributed by atoms with Gasteiger partial charge in [-0.15, -0.1) is 17.0 Å². The van der Waals surface area contributed by atoms with E-state index in [-0.39, 0.29) is 17.0 Å². The third kappa shape index (κ3) is 1.90. The minimum absolute atomic E-state index is 0. The van der Waals surface area contributed by atoms with Gasteiger partial charge >= 0.3 is 0 Å². The summed E-state index contributed by atoms with van der Waals surface area (Å²) in [4.78, 5) is 0. The smallest absolute Gasteiger partial charge is 0.0211 e. The highest BCUT2D eigenvalue weighted by Gasteiger charge is 2.09. The van der Waals surface area contributed by atoms with Gasteiger partial charge in [0.1, 0.15) is 0 Å². The van der Waals surface area contributed by atoms with E-state index in [9.17, 15) is 0 Å². The van der Waals surface area contributed by atoms with Crippen molar-refractivity contribution in [1.82, 2.24) is 5.32 Å². The zero-order valence-electron chi connectivity index (χ0n) is 6.64. The first kappa shape index (κ1) is 10.2. The van der Waals surface area contributed by atoms with E-state index < -0.39 is 0 Å². The maximum atomic E-state index is 3.55. The minimum atomic E-state index is 0. The minimum Gasteiger partial charge on any atom is -0.312 e. The maximum Gasteiger partial charge on any atom is 0.0211 e. The summed E-state index contributed by atoms with van der Waals surface area (Å²) < 4.78 is 1.26. The molecule has 0 radical (unpaired) electrons. The van der Waals surface area contributed by atoms with Crippen molar-refractivity contribution < 1.29 is 0 Å². The van der Waals surface area contributed by atoms with Crippen molar-refractivity contribution in [2.75, 3.05) is 6.54 Å². The average Bonchev–Trinajstić information content (AvgIpc) is 2.06. The van der Waals surface area contributed by atoms with Gasteiger partial charge in [0.15, 0.2) is 0 Å². The van der Waals surface area contributed by atoms with E-state index in [1.807, 2.05) is 0 Å². The van der Waals surface area contributed by atoms with E-state index in [2.05, 4.69) is 39.4 Å². The number of halogens is 2. The van der Waals surface area contributed by atoms with Gasteiger partial charge in [0.05, 0.1) is 0 Å². The zero-order chi connectivity index (χ0) is 7.68. The van der Waals surface area contributed by atoms with Crippen LogP contribution in [0.15, 0.2) is 22.7 Å². The third-order valence-electron chi connectivity index (χ3n) is 2.08. The van der Waals surface area contributed by atoms with Crippen LogP contribution in [0.2, 0.25) is 0 Å². The molecule has 0 fully saturated rings. The first-order chi connectivity index (χ1) is 5.38. The van der Waals surface area contributed by atoms with Crippen LogP contribution in [0.5, 0.6) is 0 Å². The standard InChI is InChI=1S/C9H10BrN.BrH/c10-9-3-1-2-7-6-11-5-4-8(7)9;/h1-3,11H,4-6H2;1H. The molecule has 1 aromatic rings. The Morgan fingerprint density at radius 3 is 2.92 bits per heavy atom. The summed E-state index contributed by atoms with van der Waals surface area (Å²) >= 11 is 3.55. The topological polar surface area (TPSA) is 12.0 Å². The summed E-state index contributed by atoms with van der Waals surface area (Å²) in [5, 5.41) is 3.35. The molecule has 1 aromatic carbocycles. The quantitative estimate of drug-likeness (QED) is 0.775. The Balaban J connectivity index is 0.000000720. The predicted octanol–water partition coefficient (Wildman–Crippen LogP) is 2.67. The second-order valence-electron chi connectivity index (χ2n) is 2.80. The van der Waals surface area contributed by atoms with Gasteiger partial charge < -0.3 is 5.32 Å². The van der Waals surface area contributed by atoms with Crippen molar-refractivity contribution >= 4 is 32.9 Å². The highest BCUT2D eigenvalue weighted by molar-refractivity contribution is 9.10. The van der Waals surface area contributed by atoms with E-state index in [1.54, 1.807) is 0 Å². The fraction of sp³-hybridized carbons (Fsp3) is 0.333. The monoisotopic (exact) mass is 291 g/mol. The highest BCUT2D eigenvalue weighted by Crippen LogP contribution is 2.22. The molecule has 0 amide bonds. The van der Waals surface area contributed by atoms with Crippen LogP contribution < -0.4 is 5.32 Å². The summed E-state index contributed by atoms with van der Waals surface area (Å²) in [6.07, 6.45) is 1.15. The molecule has 0 unspecified atom stereocenters. The van der Waals surface area contributed by atoms with Gasteiger partial charge in [-0.3, -0.25) is 0 Å². The summed E-state index contributed by atoms with van der Waals surface area (Å²) in [5.41, 5.74) is 2.91. The summed E-state index contributed by atoms with van der Waals surface area (Å²) in [7, 11) is 0. The fourth-order valence-electron chi connectivity index (χ4n) is 1.49. The molecular formula is C9H11Br2N. The number of hydrogen-bond donors (Lipinski definition) is 1. The van der Waals surface area contributed by atoms with Crippen molar-refractivity contribution in [2.24, 2.45) is 0 Å². The van der Waals surface area contributed by atoms with Gasteiger partial charge in [0, 0.05) is 11.0 Å². The van der Waals surface area contributed by atoms with Gasteiger partial charge in [-0.2, -0.15) is 0 Å². The lowest BCUT2D eigenvalue weighted by molar-refractivity contribution is 0.642. The Morgan fingerprint density at radius 2 is 2.17 bits per heavy atom. The lowest BCUT2D eigenvalue weighted by Crippen LogP contribution is -2.23. The number of fused-ring (bicyclic) bond motifs is 1. The molecule has 1 aliphatic heterocycles. The first-order valence-corrected chi connectivity index (χ1v) is 4.64. The molecule has 0 aromatic heterocycles. The molecule has 0 spiro atoms. The molecule has 3 heteroatoms. The summed E-state index contributed by atoms with van der Waals surface area (Å²) in [6.45, 7) is 2.13. The Morgan fingerprint density at radius 1 is 1.33 bits per heavy atom. The van der Waals surface area contributed by atoms with Crippen molar-refractivity contribution in [3.8, 4) is 0 Å². The molecule has 0 atom stereocenters. The van der Waals surface area contributed by atoms with Crippen molar-refractivity contribution in [1.29, 1.82) is 0 Å². The largest absolute Gasteiger partial charge is 0.312 e. The molecule has 0 saturated carbocycles. The zero-order valence-corrected chi connectivity index (χ0v) is 9.94. The Kier molecular flexibility index (Phi) is 3.75. The molecule has 0 saturated heterocycles. The van der Waals surface area contributed by atoms with Crippen LogP contribution in [0.4, 0.5) is 0 Å². The lowest BCUT2D eigenvalue weighted by Gasteiger charge is -2.17. The molecule has 0 bridgehead atoms. The van der Waals surface area contributed by atoms with Crippen LogP contribution in [0.1, 0.15) is 11.1 Å².